The van der Waals surface area contributed by atoms with Crippen LogP contribution in [0.15, 0.2) is 42.5 Å². The van der Waals surface area contributed by atoms with Gasteiger partial charge in [0.15, 0.2) is 0 Å². The monoisotopic (exact) mass is 463 g/mol. The van der Waals surface area contributed by atoms with E-state index in [1.807, 2.05) is 56.3 Å². The normalized spacial score (nSPS) is 17.7. The fourth-order valence-electron chi connectivity index (χ4n) is 5.88. The summed E-state index contributed by atoms with van der Waals surface area (Å²) in [6.45, 7) is 13.4. The summed E-state index contributed by atoms with van der Waals surface area (Å²) in [4.78, 5) is 16.2. The van der Waals surface area contributed by atoms with E-state index in [0.717, 1.165) is 46.8 Å². The Kier molecular flexibility index (Phi) is 6.36. The van der Waals surface area contributed by atoms with Crippen LogP contribution in [0.1, 0.15) is 72.4 Å². The number of aliphatic carboxylic acids is 1. The molecule has 6 nitrogen and oxygen atoms in total. The van der Waals surface area contributed by atoms with Gasteiger partial charge in [-0.05, 0) is 85.9 Å². The Morgan fingerprint density at radius 1 is 1.12 bits per heavy atom. The minimum Gasteiger partial charge on any atom is -0.491 e. The maximum Gasteiger partial charge on any atom is 0.307 e. The van der Waals surface area contributed by atoms with E-state index in [9.17, 15) is 9.90 Å². The highest BCUT2D eigenvalue weighted by molar-refractivity contribution is 5.82. The Balaban J connectivity index is 1.75. The molecule has 0 saturated heterocycles. The molecule has 0 aliphatic heterocycles. The first kappa shape index (κ1) is 24.1. The van der Waals surface area contributed by atoms with Crippen molar-refractivity contribution in [2.75, 3.05) is 5.32 Å². The number of fused-ring (bicyclic) bond motifs is 1. The van der Waals surface area contributed by atoms with Gasteiger partial charge in [-0.3, -0.25) is 4.79 Å². The summed E-state index contributed by atoms with van der Waals surface area (Å²) in [5.74, 6) is 0.790. The van der Waals surface area contributed by atoms with Crippen LogP contribution in [0.5, 0.6) is 5.75 Å². The van der Waals surface area contributed by atoms with Crippen molar-refractivity contribution in [1.29, 1.82) is 0 Å². The lowest BCUT2D eigenvalue weighted by Gasteiger charge is -2.45. The number of rotatable bonds is 7. The zero-order valence-corrected chi connectivity index (χ0v) is 21.2. The molecule has 0 bridgehead atoms. The molecule has 34 heavy (non-hydrogen) atoms. The van der Waals surface area contributed by atoms with Gasteiger partial charge in [0.1, 0.15) is 5.75 Å². The summed E-state index contributed by atoms with van der Waals surface area (Å²) in [5.41, 5.74) is 4.00. The molecule has 0 atom stereocenters. The van der Waals surface area contributed by atoms with Crippen LogP contribution in [-0.2, 0) is 11.2 Å². The second-order valence-corrected chi connectivity index (χ2v) is 11.6. The SMILES string of the molecule is CC(C)Oc1ccc(Nc2nc3cc(CC(=O)O)ccc3n2C2CC(C)(C)CC(C)(C)C2)cc1. The first-order chi connectivity index (χ1) is 15.9. The lowest BCUT2D eigenvalue weighted by Crippen LogP contribution is -2.35. The molecule has 0 unspecified atom stereocenters. The largest absolute Gasteiger partial charge is 0.491 e. The zero-order valence-electron chi connectivity index (χ0n) is 21.2. The molecule has 4 rings (SSSR count). The van der Waals surface area contributed by atoms with E-state index in [-0.39, 0.29) is 23.4 Å². The molecular formula is C28H37N3O3. The van der Waals surface area contributed by atoms with Gasteiger partial charge in [-0.25, -0.2) is 4.98 Å². The topological polar surface area (TPSA) is 76.4 Å². The number of carboxylic acids is 1. The van der Waals surface area contributed by atoms with Crippen molar-refractivity contribution >= 4 is 28.6 Å². The van der Waals surface area contributed by atoms with Crippen LogP contribution in [-0.4, -0.2) is 26.7 Å². The van der Waals surface area contributed by atoms with Crippen molar-refractivity contribution in [1.82, 2.24) is 9.55 Å². The van der Waals surface area contributed by atoms with E-state index >= 15 is 0 Å². The van der Waals surface area contributed by atoms with Crippen LogP contribution in [0.3, 0.4) is 0 Å². The van der Waals surface area contributed by atoms with E-state index in [0.29, 0.717) is 6.04 Å². The Bertz CT molecular complexity index is 1160. The number of nitrogens with one attached hydrogen (secondary N) is 1. The molecule has 0 spiro atoms. The minimum absolute atomic E-state index is 0.00757. The van der Waals surface area contributed by atoms with Crippen molar-refractivity contribution in [3.05, 3.63) is 48.0 Å². The van der Waals surface area contributed by atoms with Crippen molar-refractivity contribution < 1.29 is 14.6 Å². The molecule has 0 amide bonds. The molecule has 1 saturated carbocycles. The van der Waals surface area contributed by atoms with Crippen LogP contribution in [0, 0.1) is 10.8 Å². The molecular weight excluding hydrogens is 426 g/mol. The van der Waals surface area contributed by atoms with Gasteiger partial charge in [0, 0.05) is 11.7 Å². The van der Waals surface area contributed by atoms with Crippen molar-refractivity contribution in [2.24, 2.45) is 10.8 Å². The third kappa shape index (κ3) is 5.54. The first-order valence-electron chi connectivity index (χ1n) is 12.2. The van der Waals surface area contributed by atoms with Crippen LogP contribution in [0.25, 0.3) is 11.0 Å². The summed E-state index contributed by atoms with van der Waals surface area (Å²) < 4.78 is 8.11. The number of carbonyl (C=O) groups is 1. The van der Waals surface area contributed by atoms with Crippen LogP contribution in [0.2, 0.25) is 0 Å². The molecule has 1 fully saturated rings. The van der Waals surface area contributed by atoms with Crippen LogP contribution in [0.4, 0.5) is 11.6 Å². The zero-order chi connectivity index (χ0) is 24.7. The molecule has 0 radical (unpaired) electrons. The summed E-state index contributed by atoms with van der Waals surface area (Å²) in [5, 5.41) is 12.8. The fourth-order valence-corrected chi connectivity index (χ4v) is 5.88. The van der Waals surface area contributed by atoms with E-state index in [1.165, 1.54) is 6.42 Å². The Morgan fingerprint density at radius 2 is 1.76 bits per heavy atom. The van der Waals surface area contributed by atoms with Crippen molar-refractivity contribution in [3.63, 3.8) is 0 Å². The smallest absolute Gasteiger partial charge is 0.307 e. The minimum atomic E-state index is -0.836. The number of hydrogen-bond acceptors (Lipinski definition) is 4. The summed E-state index contributed by atoms with van der Waals surface area (Å²) in [7, 11) is 0. The number of ether oxygens (including phenoxy) is 1. The van der Waals surface area contributed by atoms with E-state index in [1.54, 1.807) is 0 Å². The standard InChI is InChI=1S/C28H37N3O3/c1-18(2)34-22-10-8-20(9-11-22)29-26-30-23-13-19(14-25(32)33)7-12-24(23)31(26)21-15-27(3,4)17-28(5,6)16-21/h7-13,18,21H,14-17H2,1-6H3,(H,29,30)(H,32,33). The Hall–Kier alpha value is -3.02. The second-order valence-electron chi connectivity index (χ2n) is 11.6. The number of imidazole rings is 1. The van der Waals surface area contributed by atoms with Gasteiger partial charge in [0.25, 0.3) is 0 Å². The molecule has 1 aromatic heterocycles. The number of benzene rings is 2. The van der Waals surface area contributed by atoms with E-state index < -0.39 is 5.97 Å². The predicted molar refractivity (Wildman–Crippen MR) is 137 cm³/mol. The number of aromatic nitrogens is 2. The van der Waals surface area contributed by atoms with E-state index in [4.69, 9.17) is 9.72 Å². The van der Waals surface area contributed by atoms with Gasteiger partial charge in [0.05, 0.1) is 23.6 Å². The molecule has 2 N–H and O–H groups in total. The van der Waals surface area contributed by atoms with Gasteiger partial charge >= 0.3 is 5.97 Å². The Morgan fingerprint density at radius 3 is 2.35 bits per heavy atom. The average molecular weight is 464 g/mol. The predicted octanol–water partition coefficient (Wildman–Crippen LogP) is 6.97. The molecule has 182 valence electrons. The Labute approximate surface area is 202 Å². The summed E-state index contributed by atoms with van der Waals surface area (Å²) in [6.07, 6.45) is 3.43. The van der Waals surface area contributed by atoms with Gasteiger partial charge in [0.2, 0.25) is 5.95 Å². The quantitative estimate of drug-likeness (QED) is 0.396. The number of hydrogen-bond donors (Lipinski definition) is 2. The highest BCUT2D eigenvalue weighted by atomic mass is 16.5. The maximum absolute atomic E-state index is 11.3. The molecule has 1 aliphatic carbocycles. The number of nitrogens with zero attached hydrogens (tertiary/aromatic N) is 2. The maximum atomic E-state index is 11.3. The van der Waals surface area contributed by atoms with Gasteiger partial charge in [-0.15, -0.1) is 0 Å². The van der Waals surface area contributed by atoms with Crippen LogP contribution < -0.4 is 10.1 Å². The second kappa shape index (κ2) is 8.97. The van der Waals surface area contributed by atoms with Gasteiger partial charge in [-0.2, -0.15) is 0 Å². The van der Waals surface area contributed by atoms with Crippen molar-refractivity contribution in [3.8, 4) is 5.75 Å². The average Bonchev–Trinajstić information content (AvgIpc) is 3.03. The van der Waals surface area contributed by atoms with Gasteiger partial charge in [-0.1, -0.05) is 33.8 Å². The van der Waals surface area contributed by atoms with Crippen molar-refractivity contribution in [2.45, 2.75) is 79.4 Å². The third-order valence-corrected chi connectivity index (χ3v) is 6.49. The summed E-state index contributed by atoms with van der Waals surface area (Å²) >= 11 is 0. The number of anilines is 2. The molecule has 6 heteroatoms. The lowest BCUT2D eigenvalue weighted by molar-refractivity contribution is -0.136. The third-order valence-electron chi connectivity index (χ3n) is 6.49. The highest BCUT2D eigenvalue weighted by Crippen LogP contribution is 2.51. The number of carboxylic acid groups (broad SMARTS) is 1. The highest BCUT2D eigenvalue weighted by Gasteiger charge is 2.40. The molecule has 3 aromatic rings. The molecule has 1 heterocycles. The first-order valence-corrected chi connectivity index (χ1v) is 12.2. The fraction of sp³-hybridized carbons (Fsp3) is 0.500. The molecule has 1 aliphatic rings. The van der Waals surface area contributed by atoms with E-state index in [2.05, 4.69) is 37.6 Å². The lowest BCUT2D eigenvalue weighted by atomic mass is 9.63. The van der Waals surface area contributed by atoms with Gasteiger partial charge < -0.3 is 19.7 Å². The van der Waals surface area contributed by atoms with Crippen LogP contribution >= 0.6 is 0 Å². The molecule has 2 aromatic carbocycles. The summed E-state index contributed by atoms with van der Waals surface area (Å²) in [6, 6.07) is 14.1.